The van der Waals surface area contributed by atoms with Crippen molar-refractivity contribution in [2.24, 2.45) is 0 Å². The van der Waals surface area contributed by atoms with E-state index in [0.29, 0.717) is 5.54 Å². The summed E-state index contributed by atoms with van der Waals surface area (Å²) in [6, 6.07) is 2.23. The SMILES string of the molecule is CCCn1ccc(CNCC2(N(C)C)CCC2)c1. The van der Waals surface area contributed by atoms with Crippen LogP contribution in [0.1, 0.15) is 38.2 Å². The molecule has 18 heavy (non-hydrogen) atoms. The van der Waals surface area contributed by atoms with Gasteiger partial charge in [-0.15, -0.1) is 0 Å². The summed E-state index contributed by atoms with van der Waals surface area (Å²) in [7, 11) is 4.41. The number of aromatic nitrogens is 1. The van der Waals surface area contributed by atoms with E-state index in [4.69, 9.17) is 0 Å². The molecular formula is C15H27N3. The molecule has 1 heterocycles. The molecule has 3 heteroatoms. The minimum Gasteiger partial charge on any atom is -0.354 e. The van der Waals surface area contributed by atoms with Crippen molar-refractivity contribution in [2.45, 2.75) is 51.2 Å². The van der Waals surface area contributed by atoms with Gasteiger partial charge in [0.15, 0.2) is 0 Å². The van der Waals surface area contributed by atoms with E-state index >= 15 is 0 Å². The first-order chi connectivity index (χ1) is 8.66. The Hall–Kier alpha value is -0.800. The summed E-state index contributed by atoms with van der Waals surface area (Å²) >= 11 is 0. The molecule has 1 fully saturated rings. The van der Waals surface area contributed by atoms with Crippen LogP contribution in [0.4, 0.5) is 0 Å². The van der Waals surface area contributed by atoms with E-state index in [1.807, 2.05) is 0 Å². The van der Waals surface area contributed by atoms with Gasteiger partial charge < -0.3 is 14.8 Å². The Morgan fingerprint density at radius 3 is 2.72 bits per heavy atom. The molecule has 0 spiro atoms. The molecule has 0 unspecified atom stereocenters. The second kappa shape index (κ2) is 5.89. The van der Waals surface area contributed by atoms with Crippen molar-refractivity contribution in [3.8, 4) is 0 Å². The van der Waals surface area contributed by atoms with Gasteiger partial charge in [-0.05, 0) is 51.4 Å². The Bertz CT molecular complexity index is 364. The van der Waals surface area contributed by atoms with Crippen LogP contribution in [-0.4, -0.2) is 35.6 Å². The molecule has 0 amide bonds. The first-order valence-corrected chi connectivity index (χ1v) is 7.19. The summed E-state index contributed by atoms with van der Waals surface area (Å²) in [5.74, 6) is 0. The number of likely N-dealkylation sites (N-methyl/N-ethyl adjacent to an activating group) is 1. The maximum absolute atomic E-state index is 3.63. The third-order valence-corrected chi connectivity index (χ3v) is 4.31. The van der Waals surface area contributed by atoms with Crippen LogP contribution in [0.2, 0.25) is 0 Å². The van der Waals surface area contributed by atoms with Gasteiger partial charge in [0.2, 0.25) is 0 Å². The monoisotopic (exact) mass is 249 g/mol. The Morgan fingerprint density at radius 1 is 1.39 bits per heavy atom. The molecule has 102 valence electrons. The van der Waals surface area contributed by atoms with Gasteiger partial charge in [0.25, 0.3) is 0 Å². The Balaban J connectivity index is 1.77. The molecular weight excluding hydrogens is 222 g/mol. The summed E-state index contributed by atoms with van der Waals surface area (Å²) in [4.78, 5) is 2.39. The van der Waals surface area contributed by atoms with Crippen molar-refractivity contribution in [2.75, 3.05) is 20.6 Å². The topological polar surface area (TPSA) is 20.2 Å². The van der Waals surface area contributed by atoms with Crippen molar-refractivity contribution >= 4 is 0 Å². The molecule has 0 saturated heterocycles. The van der Waals surface area contributed by atoms with E-state index in [0.717, 1.165) is 19.6 Å². The van der Waals surface area contributed by atoms with Crippen LogP contribution in [0.3, 0.4) is 0 Å². The van der Waals surface area contributed by atoms with E-state index in [1.165, 1.54) is 31.2 Å². The van der Waals surface area contributed by atoms with Crippen LogP contribution in [0, 0.1) is 0 Å². The molecule has 2 rings (SSSR count). The van der Waals surface area contributed by atoms with Gasteiger partial charge in [0.05, 0.1) is 0 Å². The lowest BCUT2D eigenvalue weighted by Crippen LogP contribution is -2.56. The number of nitrogens with one attached hydrogen (secondary N) is 1. The number of hydrogen-bond donors (Lipinski definition) is 1. The van der Waals surface area contributed by atoms with Crippen LogP contribution in [-0.2, 0) is 13.1 Å². The second-order valence-electron chi connectivity index (χ2n) is 5.83. The van der Waals surface area contributed by atoms with Gasteiger partial charge in [-0.1, -0.05) is 6.92 Å². The predicted molar refractivity (Wildman–Crippen MR) is 76.7 cm³/mol. The summed E-state index contributed by atoms with van der Waals surface area (Å²) < 4.78 is 2.28. The minimum absolute atomic E-state index is 0.423. The van der Waals surface area contributed by atoms with Crippen molar-refractivity contribution < 1.29 is 0 Å². The Labute approximate surface area is 111 Å². The average Bonchev–Trinajstić information content (AvgIpc) is 2.70. The lowest BCUT2D eigenvalue weighted by molar-refractivity contribution is 0.0598. The van der Waals surface area contributed by atoms with Crippen LogP contribution < -0.4 is 5.32 Å². The Morgan fingerprint density at radius 2 is 2.17 bits per heavy atom. The van der Waals surface area contributed by atoms with E-state index in [9.17, 15) is 0 Å². The highest BCUT2D eigenvalue weighted by Gasteiger charge is 2.38. The van der Waals surface area contributed by atoms with E-state index in [2.05, 4.69) is 54.3 Å². The number of rotatable bonds is 7. The molecule has 1 aromatic heterocycles. The third-order valence-electron chi connectivity index (χ3n) is 4.31. The molecule has 1 N–H and O–H groups in total. The quantitative estimate of drug-likeness (QED) is 0.801. The molecule has 1 aliphatic rings. The average molecular weight is 249 g/mol. The van der Waals surface area contributed by atoms with Crippen LogP contribution in [0.5, 0.6) is 0 Å². The smallest absolute Gasteiger partial charge is 0.0328 e. The zero-order valence-corrected chi connectivity index (χ0v) is 12.1. The fourth-order valence-corrected chi connectivity index (χ4v) is 2.80. The van der Waals surface area contributed by atoms with Gasteiger partial charge in [0.1, 0.15) is 0 Å². The van der Waals surface area contributed by atoms with Gasteiger partial charge in [0, 0.05) is 37.6 Å². The Kier molecular flexibility index (Phi) is 4.46. The van der Waals surface area contributed by atoms with Crippen LogP contribution >= 0.6 is 0 Å². The van der Waals surface area contributed by atoms with Crippen molar-refractivity contribution in [1.29, 1.82) is 0 Å². The molecule has 0 atom stereocenters. The highest BCUT2D eigenvalue weighted by molar-refractivity contribution is 5.10. The fourth-order valence-electron chi connectivity index (χ4n) is 2.80. The zero-order valence-electron chi connectivity index (χ0n) is 12.1. The van der Waals surface area contributed by atoms with Gasteiger partial charge in [-0.2, -0.15) is 0 Å². The van der Waals surface area contributed by atoms with Crippen LogP contribution in [0.25, 0.3) is 0 Å². The first kappa shape index (κ1) is 13.6. The van der Waals surface area contributed by atoms with E-state index in [-0.39, 0.29) is 0 Å². The molecule has 0 aliphatic heterocycles. The maximum Gasteiger partial charge on any atom is 0.0328 e. The number of aryl methyl sites for hydroxylation is 1. The van der Waals surface area contributed by atoms with Gasteiger partial charge >= 0.3 is 0 Å². The maximum atomic E-state index is 3.63. The molecule has 0 aromatic carbocycles. The summed E-state index contributed by atoms with van der Waals surface area (Å²) in [6.07, 6.45) is 9.71. The van der Waals surface area contributed by atoms with Crippen molar-refractivity contribution in [1.82, 2.24) is 14.8 Å². The number of nitrogens with zero attached hydrogens (tertiary/aromatic N) is 2. The normalized spacial score (nSPS) is 18.0. The molecule has 1 aromatic rings. The van der Waals surface area contributed by atoms with Gasteiger partial charge in [-0.3, -0.25) is 0 Å². The molecule has 0 bridgehead atoms. The standard InChI is InChI=1S/C15H27N3/c1-4-9-18-10-6-14(12-18)11-16-13-15(17(2)3)7-5-8-15/h6,10,12,16H,4-5,7-9,11,13H2,1-3H3. The predicted octanol–water partition coefficient (Wildman–Crippen LogP) is 2.47. The second-order valence-corrected chi connectivity index (χ2v) is 5.83. The highest BCUT2D eigenvalue weighted by atomic mass is 15.2. The van der Waals surface area contributed by atoms with E-state index < -0.39 is 0 Å². The minimum atomic E-state index is 0.423. The zero-order chi connectivity index (χ0) is 13.0. The largest absolute Gasteiger partial charge is 0.354 e. The summed E-state index contributed by atoms with van der Waals surface area (Å²) in [6.45, 7) is 5.45. The molecule has 0 radical (unpaired) electrons. The molecule has 3 nitrogen and oxygen atoms in total. The van der Waals surface area contributed by atoms with E-state index in [1.54, 1.807) is 0 Å². The lowest BCUT2D eigenvalue weighted by atomic mass is 9.75. The van der Waals surface area contributed by atoms with Crippen molar-refractivity contribution in [3.63, 3.8) is 0 Å². The number of hydrogen-bond acceptors (Lipinski definition) is 2. The summed E-state index contributed by atoms with van der Waals surface area (Å²) in [5.41, 5.74) is 1.82. The third kappa shape index (κ3) is 2.96. The first-order valence-electron chi connectivity index (χ1n) is 7.19. The van der Waals surface area contributed by atoms with Crippen molar-refractivity contribution in [3.05, 3.63) is 24.0 Å². The fraction of sp³-hybridized carbons (Fsp3) is 0.733. The van der Waals surface area contributed by atoms with Gasteiger partial charge in [-0.25, -0.2) is 0 Å². The summed E-state index contributed by atoms with van der Waals surface area (Å²) in [5, 5.41) is 3.63. The highest BCUT2D eigenvalue weighted by Crippen LogP contribution is 2.35. The molecule has 1 saturated carbocycles. The van der Waals surface area contributed by atoms with Crippen LogP contribution in [0.15, 0.2) is 18.5 Å². The molecule has 1 aliphatic carbocycles. The lowest BCUT2D eigenvalue weighted by Gasteiger charge is -2.47.